The number of rotatable bonds is 12. The average molecular weight is 271 g/mol. The largest absolute Gasteiger partial charge is 0.381 e. The summed E-state index contributed by atoms with van der Waals surface area (Å²) in [7, 11) is 0. The highest BCUT2D eigenvalue weighted by Gasteiger charge is 2.08. The molecule has 0 aromatic carbocycles. The maximum Gasteiger partial charge on any atom is 0.0491 e. The first-order valence-corrected chi connectivity index (χ1v) is 8.57. The molecule has 0 amide bonds. The van der Waals surface area contributed by atoms with E-state index < -0.39 is 0 Å². The van der Waals surface area contributed by atoms with Gasteiger partial charge in [0.1, 0.15) is 0 Å². The molecule has 0 aliphatic heterocycles. The molecule has 0 aliphatic rings. The van der Waals surface area contributed by atoms with Crippen LogP contribution in [-0.2, 0) is 4.74 Å². The predicted octanol–water partition coefficient (Wildman–Crippen LogP) is 5.93. The third kappa shape index (κ3) is 11.5. The van der Waals surface area contributed by atoms with Crippen LogP contribution in [0.3, 0.4) is 0 Å². The molecule has 0 radical (unpaired) electrons. The van der Waals surface area contributed by atoms with Crippen LogP contribution in [0.2, 0.25) is 0 Å². The van der Waals surface area contributed by atoms with Crippen molar-refractivity contribution in [1.82, 2.24) is 0 Å². The zero-order chi connectivity index (χ0) is 14.7. The zero-order valence-electron chi connectivity index (χ0n) is 14.4. The van der Waals surface area contributed by atoms with Crippen molar-refractivity contribution in [3.8, 4) is 0 Å². The van der Waals surface area contributed by atoms with Gasteiger partial charge < -0.3 is 4.74 Å². The first kappa shape index (κ1) is 19.0. The van der Waals surface area contributed by atoms with Gasteiger partial charge in [0, 0.05) is 13.2 Å². The van der Waals surface area contributed by atoms with Crippen LogP contribution in [0.4, 0.5) is 0 Å². The maximum absolute atomic E-state index is 5.89. The molecule has 0 rings (SSSR count). The maximum atomic E-state index is 5.89. The second-order valence-corrected chi connectivity index (χ2v) is 6.93. The van der Waals surface area contributed by atoms with Crippen LogP contribution in [-0.4, -0.2) is 13.2 Å². The summed E-state index contributed by atoms with van der Waals surface area (Å²) in [6.45, 7) is 15.8. The van der Waals surface area contributed by atoms with Crippen LogP contribution in [0.5, 0.6) is 0 Å². The van der Waals surface area contributed by atoms with Crippen molar-refractivity contribution in [2.75, 3.05) is 13.2 Å². The first-order chi connectivity index (χ1) is 8.99. The lowest BCUT2D eigenvalue weighted by molar-refractivity contribution is 0.0723. The highest BCUT2D eigenvalue weighted by molar-refractivity contribution is 4.59. The molecule has 0 fully saturated rings. The molecule has 4 unspecified atom stereocenters. The summed E-state index contributed by atoms with van der Waals surface area (Å²) in [6, 6.07) is 0. The summed E-state index contributed by atoms with van der Waals surface area (Å²) in [5.41, 5.74) is 0. The van der Waals surface area contributed by atoms with Crippen molar-refractivity contribution in [3.63, 3.8) is 0 Å². The van der Waals surface area contributed by atoms with Crippen molar-refractivity contribution >= 4 is 0 Å². The van der Waals surface area contributed by atoms with E-state index in [9.17, 15) is 0 Å². The van der Waals surface area contributed by atoms with Gasteiger partial charge in [0.15, 0.2) is 0 Å². The molecule has 116 valence electrons. The molecule has 0 heterocycles. The normalized spacial score (nSPS) is 18.0. The molecule has 1 nitrogen and oxygen atoms in total. The molecule has 0 spiro atoms. The van der Waals surface area contributed by atoms with Crippen molar-refractivity contribution in [1.29, 1.82) is 0 Å². The van der Waals surface area contributed by atoms with E-state index in [2.05, 4.69) is 41.5 Å². The molecule has 0 aliphatic carbocycles. The van der Waals surface area contributed by atoms with Crippen molar-refractivity contribution in [2.45, 2.75) is 80.1 Å². The third-order valence-electron chi connectivity index (χ3n) is 4.50. The monoisotopic (exact) mass is 270 g/mol. The number of hydrogen-bond donors (Lipinski definition) is 0. The summed E-state index contributed by atoms with van der Waals surface area (Å²) >= 11 is 0. The van der Waals surface area contributed by atoms with Crippen LogP contribution in [0, 0.1) is 23.7 Å². The van der Waals surface area contributed by atoms with E-state index in [-0.39, 0.29) is 0 Å². The summed E-state index contributed by atoms with van der Waals surface area (Å²) in [4.78, 5) is 0. The van der Waals surface area contributed by atoms with Gasteiger partial charge >= 0.3 is 0 Å². The third-order valence-corrected chi connectivity index (χ3v) is 4.50. The minimum atomic E-state index is 0.718. The topological polar surface area (TPSA) is 9.23 Å². The van der Waals surface area contributed by atoms with Gasteiger partial charge in [-0.15, -0.1) is 0 Å². The second-order valence-electron chi connectivity index (χ2n) is 6.93. The van der Waals surface area contributed by atoms with Crippen molar-refractivity contribution in [3.05, 3.63) is 0 Å². The Morgan fingerprint density at radius 1 is 0.579 bits per heavy atom. The minimum Gasteiger partial charge on any atom is -0.381 e. The number of hydrogen-bond acceptors (Lipinski definition) is 1. The van der Waals surface area contributed by atoms with Crippen molar-refractivity contribution < 1.29 is 4.74 Å². The van der Waals surface area contributed by atoms with E-state index in [1.807, 2.05) is 0 Å². The molecule has 1 heteroatoms. The van der Waals surface area contributed by atoms with Crippen LogP contribution < -0.4 is 0 Å². The van der Waals surface area contributed by atoms with Crippen molar-refractivity contribution in [2.24, 2.45) is 23.7 Å². The standard InChI is InChI=1S/C18H38O/c1-7-15(3)9-11-17(5)13-19-14-18(6)12-10-16(4)8-2/h15-18H,7-14H2,1-6H3. The van der Waals surface area contributed by atoms with Gasteiger partial charge in [-0.3, -0.25) is 0 Å². The summed E-state index contributed by atoms with van der Waals surface area (Å²) in [5.74, 6) is 3.18. The summed E-state index contributed by atoms with van der Waals surface area (Å²) in [5, 5.41) is 0. The van der Waals surface area contributed by atoms with Gasteiger partial charge in [0.2, 0.25) is 0 Å². The highest BCUT2D eigenvalue weighted by atomic mass is 16.5. The molecule has 0 aromatic rings. The Balaban J connectivity index is 3.50. The molecule has 0 saturated heterocycles. The Morgan fingerprint density at radius 2 is 0.895 bits per heavy atom. The fourth-order valence-corrected chi connectivity index (χ4v) is 2.18. The van der Waals surface area contributed by atoms with E-state index in [1.165, 1.54) is 38.5 Å². The molecular weight excluding hydrogens is 232 g/mol. The van der Waals surface area contributed by atoms with E-state index in [0.717, 1.165) is 36.9 Å². The van der Waals surface area contributed by atoms with E-state index in [4.69, 9.17) is 4.74 Å². The Kier molecular flexibility index (Phi) is 11.7. The Bertz CT molecular complexity index is 170. The summed E-state index contributed by atoms with van der Waals surface area (Å²) < 4.78 is 5.89. The smallest absolute Gasteiger partial charge is 0.0491 e. The van der Waals surface area contributed by atoms with Gasteiger partial charge in [-0.2, -0.15) is 0 Å². The molecule has 0 bridgehead atoms. The van der Waals surface area contributed by atoms with E-state index >= 15 is 0 Å². The van der Waals surface area contributed by atoms with Gasteiger partial charge in [0.25, 0.3) is 0 Å². The van der Waals surface area contributed by atoms with Crippen LogP contribution >= 0.6 is 0 Å². The average Bonchev–Trinajstić information content (AvgIpc) is 2.41. The Labute approximate surface area is 122 Å². The van der Waals surface area contributed by atoms with Crippen LogP contribution in [0.1, 0.15) is 80.1 Å². The molecule has 19 heavy (non-hydrogen) atoms. The fourth-order valence-electron chi connectivity index (χ4n) is 2.18. The summed E-state index contributed by atoms with van der Waals surface area (Å²) in [6.07, 6.45) is 7.95. The lowest BCUT2D eigenvalue weighted by Crippen LogP contribution is -2.13. The van der Waals surface area contributed by atoms with Gasteiger partial charge in [-0.25, -0.2) is 0 Å². The van der Waals surface area contributed by atoms with E-state index in [0.29, 0.717) is 0 Å². The lowest BCUT2D eigenvalue weighted by atomic mass is 9.96. The molecule has 0 N–H and O–H groups in total. The lowest BCUT2D eigenvalue weighted by Gasteiger charge is -2.18. The SMILES string of the molecule is CCC(C)CCC(C)COCC(C)CCC(C)CC. The minimum absolute atomic E-state index is 0.718. The number of ether oxygens (including phenoxy) is 1. The molecule has 4 atom stereocenters. The Hall–Kier alpha value is -0.0400. The highest BCUT2D eigenvalue weighted by Crippen LogP contribution is 2.17. The van der Waals surface area contributed by atoms with Gasteiger partial charge in [-0.1, -0.05) is 67.2 Å². The van der Waals surface area contributed by atoms with Gasteiger partial charge in [-0.05, 0) is 36.5 Å². The Morgan fingerprint density at radius 3 is 1.21 bits per heavy atom. The van der Waals surface area contributed by atoms with Gasteiger partial charge in [0.05, 0.1) is 0 Å². The predicted molar refractivity (Wildman–Crippen MR) is 86.5 cm³/mol. The molecular formula is C18H38O. The van der Waals surface area contributed by atoms with Crippen LogP contribution in [0.15, 0.2) is 0 Å². The molecule has 0 aromatic heterocycles. The van der Waals surface area contributed by atoms with Crippen LogP contribution in [0.25, 0.3) is 0 Å². The zero-order valence-corrected chi connectivity index (χ0v) is 14.4. The fraction of sp³-hybridized carbons (Fsp3) is 1.00. The molecule has 0 saturated carbocycles. The van der Waals surface area contributed by atoms with E-state index in [1.54, 1.807) is 0 Å². The quantitative estimate of drug-likeness (QED) is 0.427. The second kappa shape index (κ2) is 11.8. The first-order valence-electron chi connectivity index (χ1n) is 8.57.